The first-order valence-corrected chi connectivity index (χ1v) is 29.0. The fourth-order valence-electron chi connectivity index (χ4n) is 10.4. The lowest BCUT2D eigenvalue weighted by Gasteiger charge is -2.49. The number of Topliss-reactive ketones (excluding diaryl/α,β-unsaturated/α-hetero) is 1. The summed E-state index contributed by atoms with van der Waals surface area (Å²) in [5.74, 6) is -1.96. The number of hydrogen-bond acceptors (Lipinski definition) is 22. The van der Waals surface area contributed by atoms with Crippen molar-refractivity contribution in [2.24, 2.45) is 17.8 Å². The molecule has 80 heavy (non-hydrogen) atoms. The van der Waals surface area contributed by atoms with Crippen LogP contribution in [0.5, 0.6) is 0 Å². The maximum absolute atomic E-state index is 14.1. The number of carbonyl (C=O) groups excluding carboxylic acids is 4. The summed E-state index contributed by atoms with van der Waals surface area (Å²) < 4.78 is 75.2. The van der Waals surface area contributed by atoms with Crippen molar-refractivity contribution < 1.29 is 106 Å². The van der Waals surface area contributed by atoms with E-state index in [-0.39, 0.29) is 55.9 Å². The van der Waals surface area contributed by atoms with E-state index in [1.165, 1.54) is 18.7 Å². The van der Waals surface area contributed by atoms with E-state index in [1.54, 1.807) is 21.2 Å². The molecule has 3 amide bonds. The highest BCUT2D eigenvalue weighted by molar-refractivity contribution is 5.81. The summed E-state index contributed by atoms with van der Waals surface area (Å²) in [6.07, 6.45) is -8.63. The van der Waals surface area contributed by atoms with Crippen LogP contribution in [-0.2, 0) is 80.8 Å². The molecule has 7 unspecified atom stereocenters. The second-order valence-electron chi connectivity index (χ2n) is 21.2. The molecule has 0 aromatic carbocycles. The van der Waals surface area contributed by atoms with Gasteiger partial charge in [-0.15, -0.1) is 0 Å². The third-order valence-electron chi connectivity index (χ3n) is 14.9. The van der Waals surface area contributed by atoms with Crippen LogP contribution in [-0.4, -0.2) is 267 Å². The van der Waals surface area contributed by atoms with Crippen molar-refractivity contribution in [1.82, 2.24) is 15.5 Å². The maximum atomic E-state index is 14.1. The fourth-order valence-corrected chi connectivity index (χ4v) is 10.4. The average molecular weight is 1150 g/mol. The Morgan fingerprint density at radius 3 is 1.75 bits per heavy atom. The smallest absolute Gasteiger partial charge is 0.251 e. The highest BCUT2D eigenvalue weighted by Gasteiger charge is 2.53. The van der Waals surface area contributed by atoms with Gasteiger partial charge in [0.15, 0.2) is 12.6 Å². The molecule has 2 aliphatic heterocycles. The molecule has 0 spiro atoms. The van der Waals surface area contributed by atoms with Gasteiger partial charge in [-0.3, -0.25) is 19.2 Å². The number of likely N-dealkylation sites (N-methyl/N-ethyl adjacent to an activating group) is 1. The van der Waals surface area contributed by atoms with Crippen LogP contribution in [0.1, 0.15) is 97.8 Å². The summed E-state index contributed by atoms with van der Waals surface area (Å²) in [7, 11) is 4.85. The van der Waals surface area contributed by atoms with E-state index in [9.17, 15) is 44.7 Å². The van der Waals surface area contributed by atoms with Gasteiger partial charge in [0.2, 0.25) is 11.8 Å². The molecular weight excluding hydrogens is 1050 g/mol. The van der Waals surface area contributed by atoms with E-state index in [0.717, 1.165) is 32.1 Å². The number of amides is 3. The molecule has 466 valence electrons. The molecule has 0 aromatic heterocycles. The standard InChI is InChI=1S/C55H99N3O22/c1-7-39-33-40(41(61)14-11-16-56-45(62)15-17-69-20-21-71-24-25-73-28-29-75-31-30-74-27-26-72-23-22-70-19-18-68-6)34-42(51(39)80-55-50(66)49(65)47(63)36(2)76-55)78-54-46(57-37(3)60)52(48(64)44(35-59)79-54)77-43(53(67)58(4)5)32-38-12-9-8-10-13-38/h36,38-40,42-44,46-52,54-55,59,63-66H,7-35H2,1-6H3,(H,56,62)(H,57,60)/t36-,39?,40?,42+,43-,44-,46?,47-,48?,49?,50-,51+,52?,54+,55?/m0/s1. The predicted octanol–water partition coefficient (Wildman–Crippen LogP) is 0.0339. The normalized spacial score (nSPS) is 29.7. The lowest BCUT2D eigenvalue weighted by molar-refractivity contribution is -0.338. The summed E-state index contributed by atoms with van der Waals surface area (Å²) in [4.78, 5) is 54.9. The number of carbonyl (C=O) groups is 4. The molecular formula is C55H99N3O22. The molecule has 7 N–H and O–H groups in total. The minimum absolute atomic E-state index is 0.0647. The van der Waals surface area contributed by atoms with Crippen molar-refractivity contribution in [2.45, 2.75) is 177 Å². The Kier molecular flexibility index (Phi) is 34.8. The largest absolute Gasteiger partial charge is 0.394 e. The molecule has 0 bridgehead atoms. The monoisotopic (exact) mass is 1150 g/mol. The summed E-state index contributed by atoms with van der Waals surface area (Å²) in [5.41, 5.74) is 0. The zero-order valence-corrected chi connectivity index (χ0v) is 48.4. The Morgan fingerprint density at radius 1 is 0.662 bits per heavy atom. The van der Waals surface area contributed by atoms with Gasteiger partial charge in [0.1, 0.15) is 54.6 Å². The van der Waals surface area contributed by atoms with Gasteiger partial charge in [-0.2, -0.15) is 0 Å². The molecule has 25 nitrogen and oxygen atoms in total. The van der Waals surface area contributed by atoms with Crippen LogP contribution >= 0.6 is 0 Å². The third kappa shape index (κ3) is 24.9. The molecule has 2 saturated heterocycles. The van der Waals surface area contributed by atoms with Gasteiger partial charge < -0.3 is 103 Å². The van der Waals surface area contributed by atoms with Crippen LogP contribution in [0, 0.1) is 17.8 Å². The van der Waals surface area contributed by atoms with Crippen LogP contribution < -0.4 is 10.6 Å². The number of ketones is 1. The molecule has 4 rings (SSSR count). The van der Waals surface area contributed by atoms with Crippen LogP contribution in [0.3, 0.4) is 0 Å². The molecule has 0 radical (unpaired) electrons. The van der Waals surface area contributed by atoms with Crippen LogP contribution in [0.25, 0.3) is 0 Å². The van der Waals surface area contributed by atoms with Gasteiger partial charge >= 0.3 is 0 Å². The van der Waals surface area contributed by atoms with Crippen molar-refractivity contribution in [3.05, 3.63) is 0 Å². The van der Waals surface area contributed by atoms with Crippen molar-refractivity contribution in [1.29, 1.82) is 0 Å². The molecule has 4 fully saturated rings. The summed E-state index contributed by atoms with van der Waals surface area (Å²) in [5, 5.41) is 60.2. The highest BCUT2D eigenvalue weighted by Crippen LogP contribution is 2.40. The molecule has 0 aromatic rings. The Labute approximate surface area is 472 Å². The predicted molar refractivity (Wildman–Crippen MR) is 286 cm³/mol. The van der Waals surface area contributed by atoms with Gasteiger partial charge in [0, 0.05) is 53.4 Å². The van der Waals surface area contributed by atoms with E-state index in [1.807, 2.05) is 6.92 Å². The fraction of sp³-hybridized carbons (Fsp3) is 0.927. The topological polar surface area (TPSA) is 317 Å². The quantitative estimate of drug-likeness (QED) is 0.0397. The first-order chi connectivity index (χ1) is 38.6. The molecule has 15 atom stereocenters. The number of aliphatic hydroxyl groups is 5. The van der Waals surface area contributed by atoms with E-state index in [4.69, 9.17) is 61.6 Å². The zero-order chi connectivity index (χ0) is 58.2. The highest BCUT2D eigenvalue weighted by atomic mass is 16.7. The maximum Gasteiger partial charge on any atom is 0.251 e. The average Bonchev–Trinajstić information content (AvgIpc) is 3.49. The van der Waals surface area contributed by atoms with E-state index >= 15 is 0 Å². The van der Waals surface area contributed by atoms with Gasteiger partial charge in [0.25, 0.3) is 5.91 Å². The van der Waals surface area contributed by atoms with E-state index in [0.29, 0.717) is 118 Å². The van der Waals surface area contributed by atoms with E-state index < -0.39 is 104 Å². The minimum Gasteiger partial charge on any atom is -0.394 e. The number of aliphatic hydroxyl groups excluding tert-OH is 5. The number of nitrogens with one attached hydrogen (secondary N) is 2. The first-order valence-electron chi connectivity index (χ1n) is 29.0. The Morgan fingerprint density at radius 2 is 1.23 bits per heavy atom. The van der Waals surface area contributed by atoms with Gasteiger partial charge in [0.05, 0.1) is 124 Å². The molecule has 2 saturated carbocycles. The molecule has 2 aliphatic carbocycles. The van der Waals surface area contributed by atoms with Crippen molar-refractivity contribution in [2.75, 3.05) is 133 Å². The van der Waals surface area contributed by atoms with Crippen molar-refractivity contribution >= 4 is 23.5 Å². The summed E-state index contributed by atoms with van der Waals surface area (Å²) in [6, 6.07) is -1.23. The molecule has 25 heteroatoms. The van der Waals surface area contributed by atoms with Crippen molar-refractivity contribution in [3.63, 3.8) is 0 Å². The number of rotatable bonds is 41. The number of hydrogen-bond donors (Lipinski definition) is 7. The Bertz CT molecular complexity index is 1700. The van der Waals surface area contributed by atoms with Crippen LogP contribution in [0.2, 0.25) is 0 Å². The molecule has 2 heterocycles. The number of nitrogens with zero attached hydrogens (tertiary/aromatic N) is 1. The Hall–Kier alpha value is -2.64. The molecule has 4 aliphatic rings. The Balaban J connectivity index is 1.25. The lowest BCUT2D eigenvalue weighted by Crippen LogP contribution is -2.67. The summed E-state index contributed by atoms with van der Waals surface area (Å²) >= 11 is 0. The zero-order valence-electron chi connectivity index (χ0n) is 48.4. The second-order valence-corrected chi connectivity index (χ2v) is 21.2. The van der Waals surface area contributed by atoms with Crippen molar-refractivity contribution in [3.8, 4) is 0 Å². The van der Waals surface area contributed by atoms with Gasteiger partial charge in [-0.1, -0.05) is 45.4 Å². The first kappa shape index (κ1) is 69.9. The van der Waals surface area contributed by atoms with E-state index in [2.05, 4.69) is 10.6 Å². The lowest BCUT2D eigenvalue weighted by atomic mass is 9.74. The number of methoxy groups -OCH3 is 1. The minimum atomic E-state index is -1.65. The van der Waals surface area contributed by atoms with Crippen LogP contribution in [0.4, 0.5) is 0 Å². The third-order valence-corrected chi connectivity index (χ3v) is 14.9. The van der Waals surface area contributed by atoms with Gasteiger partial charge in [-0.05, 0) is 44.4 Å². The second kappa shape index (κ2) is 39.8. The van der Waals surface area contributed by atoms with Crippen LogP contribution in [0.15, 0.2) is 0 Å². The number of ether oxygens (including phenoxy) is 13. The summed E-state index contributed by atoms with van der Waals surface area (Å²) in [6.45, 7) is 10.7. The SMILES string of the molecule is CCC1CC(C(=O)CCCNC(=O)CCOCCOCCOCCOCCOCCOCCOCCOC)C[C@@H](O[C@@H]2O[C@@H](CO)C(O)C(O[C@@H](CC3CCCCC3)C(=O)N(C)C)C2NC(C)=O)[C@@H]1OC1O[C@@H](C)[C@H](O)C(O)[C@@H]1O. The van der Waals surface area contributed by atoms with Gasteiger partial charge in [-0.25, -0.2) is 0 Å².